The minimum Gasteiger partial charge on any atom is -0.281 e. The highest BCUT2D eigenvalue weighted by Gasteiger charge is 2.04. The summed E-state index contributed by atoms with van der Waals surface area (Å²) in [4.78, 5) is 0. The first-order chi connectivity index (χ1) is 8.83. The first kappa shape index (κ1) is 21.9. The number of aromatic amines is 1. The summed E-state index contributed by atoms with van der Waals surface area (Å²) in [6.45, 7) is 19.8. The van der Waals surface area contributed by atoms with Crippen molar-refractivity contribution in [1.82, 2.24) is 10.2 Å². The van der Waals surface area contributed by atoms with Crippen LogP contribution < -0.4 is 0 Å². The molecule has 1 aromatic heterocycles. The summed E-state index contributed by atoms with van der Waals surface area (Å²) in [5.41, 5.74) is 3.25. The van der Waals surface area contributed by atoms with Crippen LogP contribution in [0.1, 0.15) is 72.3 Å². The monoisotopic (exact) mass is 252 g/mol. The number of allylic oxidation sites excluding steroid dienone is 1. The molecule has 0 radical (unpaired) electrons. The smallest absolute Gasteiger partial charge is 0.0920 e. The largest absolute Gasteiger partial charge is 0.281 e. The van der Waals surface area contributed by atoms with Crippen LogP contribution in [0.25, 0.3) is 12.2 Å². The second-order valence-corrected chi connectivity index (χ2v) is 2.56. The fourth-order valence-corrected chi connectivity index (χ4v) is 1.18. The summed E-state index contributed by atoms with van der Waals surface area (Å²) < 4.78 is 0. The Hall–Kier alpha value is -1.31. The molecule has 18 heavy (non-hydrogen) atoms. The topological polar surface area (TPSA) is 28.7 Å². The Morgan fingerprint density at radius 1 is 1.11 bits per heavy atom. The summed E-state index contributed by atoms with van der Waals surface area (Å²) in [5, 5.41) is 7.15. The van der Waals surface area contributed by atoms with Gasteiger partial charge in [-0.1, -0.05) is 67.2 Å². The molecule has 1 aromatic rings. The second-order valence-electron chi connectivity index (χ2n) is 2.56. The Morgan fingerprint density at radius 2 is 1.61 bits per heavy atom. The van der Waals surface area contributed by atoms with Crippen LogP contribution in [0.4, 0.5) is 0 Å². The van der Waals surface area contributed by atoms with Crippen molar-refractivity contribution >= 4 is 12.2 Å². The molecule has 0 aromatic carbocycles. The van der Waals surface area contributed by atoms with Gasteiger partial charge in [0, 0.05) is 11.3 Å². The van der Waals surface area contributed by atoms with Gasteiger partial charge < -0.3 is 0 Å². The molecule has 0 aliphatic carbocycles. The number of hydrogen-bond acceptors (Lipinski definition) is 1. The molecule has 0 atom stereocenters. The maximum absolute atomic E-state index is 4.16. The molecule has 2 nitrogen and oxygen atoms in total. The lowest BCUT2D eigenvalue weighted by Gasteiger charge is -1.92. The quantitative estimate of drug-likeness (QED) is 0.731. The van der Waals surface area contributed by atoms with Crippen LogP contribution in [-0.4, -0.2) is 10.2 Å². The lowest BCUT2D eigenvalue weighted by Crippen LogP contribution is -1.82. The lowest BCUT2D eigenvalue weighted by atomic mass is 10.1. The molecular formula is C16H32N2. The van der Waals surface area contributed by atoms with Crippen LogP contribution in [0.2, 0.25) is 0 Å². The summed E-state index contributed by atoms with van der Waals surface area (Å²) >= 11 is 0. The maximum atomic E-state index is 4.16. The number of aryl methyl sites for hydroxylation is 1. The second kappa shape index (κ2) is 18.1. The zero-order chi connectivity index (χ0) is 15.0. The molecule has 0 bridgehead atoms. The fourth-order valence-electron chi connectivity index (χ4n) is 1.18. The van der Waals surface area contributed by atoms with Crippen molar-refractivity contribution in [3.8, 4) is 0 Å². The lowest BCUT2D eigenvalue weighted by molar-refractivity contribution is 0.970. The Morgan fingerprint density at radius 3 is 1.94 bits per heavy atom. The molecule has 0 fully saturated rings. The van der Waals surface area contributed by atoms with Gasteiger partial charge in [0.25, 0.3) is 0 Å². The van der Waals surface area contributed by atoms with Gasteiger partial charge in [-0.3, -0.25) is 5.10 Å². The van der Waals surface area contributed by atoms with Gasteiger partial charge >= 0.3 is 0 Å². The number of nitrogens with one attached hydrogen (secondary N) is 1. The Balaban J connectivity index is -0.000000328. The molecule has 2 heteroatoms. The Labute approximate surface area is 114 Å². The first-order valence-electron chi connectivity index (χ1n) is 7.15. The third kappa shape index (κ3) is 7.88. The van der Waals surface area contributed by atoms with Gasteiger partial charge in [0.1, 0.15) is 0 Å². The predicted molar refractivity (Wildman–Crippen MR) is 86.8 cm³/mol. The van der Waals surface area contributed by atoms with E-state index in [-0.39, 0.29) is 0 Å². The molecular weight excluding hydrogens is 220 g/mol. The Kier molecular flexibility index (Phi) is 22.0. The summed E-state index contributed by atoms with van der Waals surface area (Å²) in [5.74, 6) is 0. The zero-order valence-corrected chi connectivity index (χ0v) is 13.6. The van der Waals surface area contributed by atoms with E-state index in [2.05, 4.69) is 23.7 Å². The minimum absolute atomic E-state index is 0.964. The number of rotatable bonds is 3. The number of H-pyrrole nitrogens is 1. The summed E-state index contributed by atoms with van der Waals surface area (Å²) in [6.07, 6.45) is 6.76. The van der Waals surface area contributed by atoms with Crippen molar-refractivity contribution in [2.75, 3.05) is 0 Å². The predicted octanol–water partition coefficient (Wildman–Crippen LogP) is 5.73. The Bertz CT molecular complexity index is 296. The maximum Gasteiger partial charge on any atom is 0.0920 e. The molecule has 0 spiro atoms. The van der Waals surface area contributed by atoms with E-state index in [1.165, 1.54) is 0 Å². The highest BCUT2D eigenvalue weighted by atomic mass is 15.1. The van der Waals surface area contributed by atoms with Crippen LogP contribution in [0.3, 0.4) is 0 Å². The minimum atomic E-state index is 0.964. The molecule has 1 heterocycles. The number of hydrogen-bond donors (Lipinski definition) is 1. The van der Waals surface area contributed by atoms with Crippen LogP contribution in [-0.2, 0) is 6.42 Å². The van der Waals surface area contributed by atoms with Crippen molar-refractivity contribution in [2.24, 2.45) is 0 Å². The first-order valence-corrected chi connectivity index (χ1v) is 7.15. The van der Waals surface area contributed by atoms with Crippen molar-refractivity contribution in [2.45, 2.75) is 61.8 Å². The third-order valence-corrected chi connectivity index (χ3v) is 1.79. The fraction of sp³-hybridized carbons (Fsp3) is 0.562. The molecule has 0 aliphatic rings. The molecule has 0 saturated carbocycles. The van der Waals surface area contributed by atoms with E-state index in [0.717, 1.165) is 23.4 Å². The molecule has 0 aliphatic heterocycles. The SMILES string of the molecule is C=Cc1c(/C=C\C)n[nH]c1CC.CC.CC.CC. The van der Waals surface area contributed by atoms with Crippen molar-refractivity contribution in [3.63, 3.8) is 0 Å². The van der Waals surface area contributed by atoms with Gasteiger partial charge in [0.15, 0.2) is 0 Å². The van der Waals surface area contributed by atoms with E-state index in [1.807, 2.05) is 66.7 Å². The van der Waals surface area contributed by atoms with Gasteiger partial charge in [-0.2, -0.15) is 5.10 Å². The highest BCUT2D eigenvalue weighted by Crippen LogP contribution is 2.14. The van der Waals surface area contributed by atoms with Gasteiger partial charge in [0.05, 0.1) is 5.69 Å². The van der Waals surface area contributed by atoms with Gasteiger partial charge in [-0.05, 0) is 19.4 Å². The van der Waals surface area contributed by atoms with Crippen LogP contribution in [0.5, 0.6) is 0 Å². The average Bonchev–Trinajstić information content (AvgIpc) is 2.88. The van der Waals surface area contributed by atoms with Crippen molar-refractivity contribution in [1.29, 1.82) is 0 Å². The van der Waals surface area contributed by atoms with E-state index in [9.17, 15) is 0 Å². The number of nitrogens with zero attached hydrogens (tertiary/aromatic N) is 1. The molecule has 0 amide bonds. The standard InChI is InChI=1S/C10H14N2.3C2H6/c1-4-7-10-8(5-2)9(6-3)11-12-10;3*1-2/h4-5,7H,2,6H2,1,3H3,(H,11,12);3*1-2H3/b7-4-;;;. The van der Waals surface area contributed by atoms with E-state index >= 15 is 0 Å². The normalized spacial score (nSPS) is 8.22. The molecule has 106 valence electrons. The molecule has 0 unspecified atom stereocenters. The van der Waals surface area contributed by atoms with Crippen molar-refractivity contribution in [3.05, 3.63) is 29.6 Å². The van der Waals surface area contributed by atoms with E-state index in [1.54, 1.807) is 0 Å². The highest BCUT2D eigenvalue weighted by molar-refractivity contribution is 5.63. The van der Waals surface area contributed by atoms with E-state index < -0.39 is 0 Å². The van der Waals surface area contributed by atoms with Crippen molar-refractivity contribution < 1.29 is 0 Å². The van der Waals surface area contributed by atoms with Gasteiger partial charge in [0.2, 0.25) is 0 Å². The molecule has 0 saturated heterocycles. The summed E-state index contributed by atoms with van der Waals surface area (Å²) in [6, 6.07) is 0. The number of aromatic nitrogens is 2. The third-order valence-electron chi connectivity index (χ3n) is 1.79. The van der Waals surface area contributed by atoms with E-state index in [4.69, 9.17) is 0 Å². The van der Waals surface area contributed by atoms with Crippen LogP contribution in [0, 0.1) is 0 Å². The van der Waals surface area contributed by atoms with Gasteiger partial charge in [-0.25, -0.2) is 0 Å². The van der Waals surface area contributed by atoms with Gasteiger partial charge in [-0.15, -0.1) is 0 Å². The molecule has 1 N–H and O–H groups in total. The van der Waals surface area contributed by atoms with Crippen LogP contribution in [0.15, 0.2) is 12.7 Å². The summed E-state index contributed by atoms with van der Waals surface area (Å²) in [7, 11) is 0. The average molecular weight is 252 g/mol. The zero-order valence-electron chi connectivity index (χ0n) is 13.6. The van der Waals surface area contributed by atoms with E-state index in [0.29, 0.717) is 0 Å². The van der Waals surface area contributed by atoms with Crippen LogP contribution >= 0.6 is 0 Å². The molecule has 1 rings (SSSR count).